The third-order valence-electron chi connectivity index (χ3n) is 3.18. The molecular formula is C13H22N4S. The molecule has 0 aliphatic rings. The predicted octanol–water partition coefficient (Wildman–Crippen LogP) is 2.52. The van der Waals surface area contributed by atoms with Crippen LogP contribution in [0.5, 0.6) is 0 Å². The first-order chi connectivity index (χ1) is 8.81. The molecule has 0 unspecified atom stereocenters. The fourth-order valence-corrected chi connectivity index (χ4v) is 2.93. The summed E-state index contributed by atoms with van der Waals surface area (Å²) in [5.74, 6) is 1.13. The van der Waals surface area contributed by atoms with Crippen LogP contribution in [0, 0.1) is 0 Å². The normalized spacial score (nSPS) is 11.3. The zero-order valence-corrected chi connectivity index (χ0v) is 12.0. The highest BCUT2D eigenvalue weighted by Gasteiger charge is 2.16. The van der Waals surface area contributed by atoms with Crippen LogP contribution in [0.3, 0.4) is 0 Å². The maximum atomic E-state index is 5.73. The Labute approximate surface area is 112 Å². The largest absolute Gasteiger partial charge is 0.355 e. The Balaban J connectivity index is 2.34. The third-order valence-corrected chi connectivity index (χ3v) is 3.94. The Morgan fingerprint density at radius 2 is 2.28 bits per heavy atom. The van der Waals surface area contributed by atoms with E-state index in [1.54, 1.807) is 11.3 Å². The summed E-state index contributed by atoms with van der Waals surface area (Å²) in [6.45, 7) is 7.16. The van der Waals surface area contributed by atoms with E-state index in [2.05, 4.69) is 34.7 Å². The Kier molecular flexibility index (Phi) is 4.60. The van der Waals surface area contributed by atoms with Gasteiger partial charge in [-0.2, -0.15) is 0 Å². The van der Waals surface area contributed by atoms with E-state index in [4.69, 9.17) is 10.7 Å². The highest BCUT2D eigenvalue weighted by molar-refractivity contribution is 7.15. The molecule has 2 heterocycles. The second-order valence-electron chi connectivity index (χ2n) is 4.41. The number of aromatic nitrogens is 2. The molecule has 5 heteroatoms. The molecule has 100 valence electrons. The summed E-state index contributed by atoms with van der Waals surface area (Å²) in [5.41, 5.74) is 6.99. The number of hydrogen-bond donors (Lipinski definition) is 1. The molecule has 0 aliphatic carbocycles. The molecule has 2 aromatic rings. The topological polar surface area (TPSA) is 46.6 Å². The number of fused-ring (bicyclic) bond motifs is 1. The predicted molar refractivity (Wildman–Crippen MR) is 78.6 cm³/mol. The van der Waals surface area contributed by atoms with Crippen LogP contribution in [-0.4, -0.2) is 29.0 Å². The van der Waals surface area contributed by atoms with Crippen LogP contribution in [0.25, 0.3) is 4.96 Å². The Bertz CT molecular complexity index is 488. The van der Waals surface area contributed by atoms with Crippen molar-refractivity contribution in [3.8, 4) is 0 Å². The van der Waals surface area contributed by atoms with Crippen LogP contribution in [0.15, 0.2) is 11.6 Å². The molecule has 2 rings (SSSR count). The van der Waals surface area contributed by atoms with E-state index in [1.807, 2.05) is 0 Å². The van der Waals surface area contributed by atoms with Crippen molar-refractivity contribution in [3.63, 3.8) is 0 Å². The van der Waals surface area contributed by atoms with E-state index in [-0.39, 0.29) is 0 Å². The molecule has 0 saturated carbocycles. The lowest BCUT2D eigenvalue weighted by atomic mass is 10.2. The lowest BCUT2D eigenvalue weighted by Crippen LogP contribution is -2.25. The maximum Gasteiger partial charge on any atom is 0.195 e. The van der Waals surface area contributed by atoms with Gasteiger partial charge in [0.05, 0.1) is 5.69 Å². The zero-order chi connectivity index (χ0) is 13.0. The standard InChI is InChI=1S/C13H22N4S/c1-3-5-8-16(4-2)12-11(6-7-14)17-9-10-18-13(17)15-12/h9-10H,3-8,14H2,1-2H3. The molecule has 0 radical (unpaired) electrons. The molecule has 0 amide bonds. The molecular weight excluding hydrogens is 244 g/mol. The van der Waals surface area contributed by atoms with Gasteiger partial charge in [0.25, 0.3) is 0 Å². The first-order valence-corrected chi connectivity index (χ1v) is 7.59. The summed E-state index contributed by atoms with van der Waals surface area (Å²) in [6.07, 6.45) is 5.40. The first kappa shape index (κ1) is 13.4. The summed E-state index contributed by atoms with van der Waals surface area (Å²) in [7, 11) is 0. The van der Waals surface area contributed by atoms with E-state index in [0.717, 1.165) is 30.3 Å². The summed E-state index contributed by atoms with van der Waals surface area (Å²) >= 11 is 1.68. The number of rotatable bonds is 7. The van der Waals surface area contributed by atoms with E-state index in [1.165, 1.54) is 18.5 Å². The number of anilines is 1. The number of thiazole rings is 1. The SMILES string of the molecule is CCCCN(CC)c1nc2sccn2c1CCN. The van der Waals surface area contributed by atoms with Crippen molar-refractivity contribution in [1.29, 1.82) is 0 Å². The molecule has 0 saturated heterocycles. The summed E-state index contributed by atoms with van der Waals surface area (Å²) in [5, 5.41) is 2.08. The number of unbranched alkanes of at least 4 members (excludes halogenated alkanes) is 1. The van der Waals surface area contributed by atoms with Crippen LogP contribution in [-0.2, 0) is 6.42 Å². The molecule has 0 aliphatic heterocycles. The van der Waals surface area contributed by atoms with Crippen molar-refractivity contribution >= 4 is 22.1 Å². The monoisotopic (exact) mass is 266 g/mol. The highest BCUT2D eigenvalue weighted by atomic mass is 32.1. The fraction of sp³-hybridized carbons (Fsp3) is 0.615. The summed E-state index contributed by atoms with van der Waals surface area (Å²) < 4.78 is 2.18. The van der Waals surface area contributed by atoms with Gasteiger partial charge in [-0.25, -0.2) is 4.98 Å². The lowest BCUT2D eigenvalue weighted by molar-refractivity contribution is 0.720. The number of nitrogens with zero attached hydrogens (tertiary/aromatic N) is 3. The van der Waals surface area contributed by atoms with Crippen LogP contribution >= 0.6 is 11.3 Å². The van der Waals surface area contributed by atoms with Crippen molar-refractivity contribution in [1.82, 2.24) is 9.38 Å². The molecule has 0 spiro atoms. The minimum atomic E-state index is 0.669. The second kappa shape index (κ2) is 6.20. The van der Waals surface area contributed by atoms with Gasteiger partial charge in [0.1, 0.15) is 0 Å². The third kappa shape index (κ3) is 2.52. The van der Waals surface area contributed by atoms with E-state index >= 15 is 0 Å². The molecule has 4 nitrogen and oxygen atoms in total. The Morgan fingerprint density at radius 3 is 2.94 bits per heavy atom. The minimum Gasteiger partial charge on any atom is -0.355 e. The molecule has 0 bridgehead atoms. The second-order valence-corrected chi connectivity index (χ2v) is 5.28. The van der Waals surface area contributed by atoms with E-state index < -0.39 is 0 Å². The molecule has 2 aromatic heterocycles. The highest BCUT2D eigenvalue weighted by Crippen LogP contribution is 2.25. The maximum absolute atomic E-state index is 5.73. The van der Waals surface area contributed by atoms with Gasteiger partial charge in [-0.3, -0.25) is 4.40 Å². The van der Waals surface area contributed by atoms with Gasteiger partial charge in [0.2, 0.25) is 0 Å². The van der Waals surface area contributed by atoms with Crippen molar-refractivity contribution < 1.29 is 0 Å². The van der Waals surface area contributed by atoms with Gasteiger partial charge >= 0.3 is 0 Å². The summed E-state index contributed by atoms with van der Waals surface area (Å²) in [6, 6.07) is 0. The van der Waals surface area contributed by atoms with Crippen molar-refractivity contribution in [3.05, 3.63) is 17.3 Å². The van der Waals surface area contributed by atoms with Gasteiger partial charge in [-0.05, 0) is 19.9 Å². The Hall–Kier alpha value is -1.07. The first-order valence-electron chi connectivity index (χ1n) is 6.71. The van der Waals surface area contributed by atoms with Crippen LogP contribution in [0.2, 0.25) is 0 Å². The summed E-state index contributed by atoms with van der Waals surface area (Å²) in [4.78, 5) is 8.21. The smallest absolute Gasteiger partial charge is 0.195 e. The number of imidazole rings is 1. The average Bonchev–Trinajstić information content (AvgIpc) is 2.94. The average molecular weight is 266 g/mol. The fourth-order valence-electron chi connectivity index (χ4n) is 2.21. The molecule has 0 fully saturated rings. The van der Waals surface area contributed by atoms with Gasteiger partial charge in [0.15, 0.2) is 10.8 Å². The molecule has 0 atom stereocenters. The molecule has 2 N–H and O–H groups in total. The van der Waals surface area contributed by atoms with E-state index in [0.29, 0.717) is 6.54 Å². The number of nitrogens with two attached hydrogens (primary N) is 1. The van der Waals surface area contributed by atoms with Crippen LogP contribution < -0.4 is 10.6 Å². The lowest BCUT2D eigenvalue weighted by Gasteiger charge is -2.21. The van der Waals surface area contributed by atoms with E-state index in [9.17, 15) is 0 Å². The van der Waals surface area contributed by atoms with Gasteiger partial charge in [-0.1, -0.05) is 13.3 Å². The van der Waals surface area contributed by atoms with Crippen LogP contribution in [0.1, 0.15) is 32.4 Å². The van der Waals surface area contributed by atoms with Gasteiger partial charge < -0.3 is 10.6 Å². The van der Waals surface area contributed by atoms with Crippen molar-refractivity contribution in [2.24, 2.45) is 5.73 Å². The molecule has 0 aromatic carbocycles. The quantitative estimate of drug-likeness (QED) is 0.837. The molecule has 18 heavy (non-hydrogen) atoms. The van der Waals surface area contributed by atoms with Gasteiger partial charge in [0, 0.05) is 31.1 Å². The van der Waals surface area contributed by atoms with Crippen molar-refractivity contribution in [2.45, 2.75) is 33.1 Å². The van der Waals surface area contributed by atoms with Gasteiger partial charge in [-0.15, -0.1) is 11.3 Å². The number of hydrogen-bond acceptors (Lipinski definition) is 4. The van der Waals surface area contributed by atoms with Crippen LogP contribution in [0.4, 0.5) is 5.82 Å². The Morgan fingerprint density at radius 1 is 1.44 bits per heavy atom. The van der Waals surface area contributed by atoms with Crippen molar-refractivity contribution in [2.75, 3.05) is 24.5 Å². The zero-order valence-electron chi connectivity index (χ0n) is 11.2. The minimum absolute atomic E-state index is 0.669.